The van der Waals surface area contributed by atoms with Crippen molar-refractivity contribution in [2.75, 3.05) is 20.1 Å². The minimum absolute atomic E-state index is 0.0639. The Bertz CT molecular complexity index is 599. The van der Waals surface area contributed by atoms with Crippen LogP contribution in [0.1, 0.15) is 37.9 Å². The fourth-order valence-corrected chi connectivity index (χ4v) is 2.65. The average molecular weight is 333 g/mol. The summed E-state index contributed by atoms with van der Waals surface area (Å²) >= 11 is 0. The van der Waals surface area contributed by atoms with Crippen LogP contribution >= 0.6 is 0 Å². The molecule has 0 fully saturated rings. The van der Waals surface area contributed by atoms with Crippen LogP contribution in [0, 0.1) is 12.8 Å². The van der Waals surface area contributed by atoms with Gasteiger partial charge in [0.05, 0.1) is 19.1 Å². The highest BCUT2D eigenvalue weighted by atomic mass is 16.2. The molecule has 0 saturated carbocycles. The van der Waals surface area contributed by atoms with Crippen molar-refractivity contribution < 1.29 is 14.4 Å². The van der Waals surface area contributed by atoms with Gasteiger partial charge in [-0.15, -0.1) is 0 Å². The van der Waals surface area contributed by atoms with E-state index in [2.05, 4.69) is 24.5 Å². The third kappa shape index (κ3) is 5.68. The Hall–Kier alpha value is -2.37. The zero-order valence-electron chi connectivity index (χ0n) is 15.1. The lowest BCUT2D eigenvalue weighted by Crippen LogP contribution is -2.44. The van der Waals surface area contributed by atoms with Gasteiger partial charge in [0.15, 0.2) is 0 Å². The monoisotopic (exact) mass is 333 g/mol. The summed E-state index contributed by atoms with van der Waals surface area (Å²) in [6.45, 7) is 7.27. The van der Waals surface area contributed by atoms with Crippen LogP contribution in [0.5, 0.6) is 0 Å². The number of benzene rings is 1. The summed E-state index contributed by atoms with van der Waals surface area (Å²) in [4.78, 5) is 36.5. The maximum absolute atomic E-state index is 12.4. The molecule has 132 valence electrons. The topological polar surface area (TPSA) is 78.5 Å². The van der Waals surface area contributed by atoms with Crippen LogP contribution in [-0.2, 0) is 14.4 Å². The summed E-state index contributed by atoms with van der Waals surface area (Å²) in [6, 6.07) is 7.93. The molecule has 0 spiro atoms. The van der Waals surface area contributed by atoms with Crippen LogP contribution in [0.2, 0.25) is 0 Å². The van der Waals surface area contributed by atoms with Crippen molar-refractivity contribution in [3.05, 3.63) is 35.4 Å². The molecule has 0 bridgehead atoms. The van der Waals surface area contributed by atoms with Gasteiger partial charge in [0, 0.05) is 14.0 Å². The van der Waals surface area contributed by atoms with Crippen molar-refractivity contribution in [1.29, 1.82) is 0 Å². The molecule has 0 heterocycles. The first-order valence-electron chi connectivity index (χ1n) is 8.06. The summed E-state index contributed by atoms with van der Waals surface area (Å²) in [6.07, 6.45) is 0. The number of carbonyl (C=O) groups is 3. The maximum Gasteiger partial charge on any atom is 0.242 e. The quantitative estimate of drug-likeness (QED) is 0.792. The lowest BCUT2D eigenvalue weighted by molar-refractivity contribution is -0.134. The van der Waals surface area contributed by atoms with E-state index in [1.807, 2.05) is 31.2 Å². The number of nitrogens with zero attached hydrogens (tertiary/aromatic N) is 1. The summed E-state index contributed by atoms with van der Waals surface area (Å²) in [7, 11) is 1.75. The van der Waals surface area contributed by atoms with Crippen molar-refractivity contribution in [1.82, 2.24) is 15.5 Å². The SMILES string of the molecule is CC(=O)NCC(=O)NCC(=O)N(C)[C@@H](c1ccccc1C)C(C)C. The number of likely N-dealkylation sites (N-methyl/N-ethyl adjacent to an activating group) is 1. The smallest absolute Gasteiger partial charge is 0.242 e. The molecule has 1 aromatic rings. The van der Waals surface area contributed by atoms with Crippen LogP contribution < -0.4 is 10.6 Å². The van der Waals surface area contributed by atoms with Crippen molar-refractivity contribution >= 4 is 17.7 Å². The van der Waals surface area contributed by atoms with Gasteiger partial charge >= 0.3 is 0 Å². The lowest BCUT2D eigenvalue weighted by atomic mass is 9.91. The molecule has 1 aromatic carbocycles. The maximum atomic E-state index is 12.4. The fourth-order valence-electron chi connectivity index (χ4n) is 2.65. The molecule has 1 atom stereocenters. The van der Waals surface area contributed by atoms with Crippen LogP contribution in [-0.4, -0.2) is 42.8 Å². The Balaban J connectivity index is 2.72. The van der Waals surface area contributed by atoms with Gasteiger partial charge in [-0.2, -0.15) is 0 Å². The molecular formula is C18H27N3O3. The fraction of sp³-hybridized carbons (Fsp3) is 0.500. The predicted molar refractivity (Wildman–Crippen MR) is 93.2 cm³/mol. The molecule has 0 aliphatic carbocycles. The minimum atomic E-state index is -0.385. The normalized spacial score (nSPS) is 11.8. The zero-order valence-corrected chi connectivity index (χ0v) is 15.1. The van der Waals surface area contributed by atoms with Gasteiger partial charge in [0.25, 0.3) is 0 Å². The second-order valence-corrected chi connectivity index (χ2v) is 6.24. The number of carbonyl (C=O) groups excluding carboxylic acids is 3. The molecule has 0 aliphatic rings. The third-order valence-electron chi connectivity index (χ3n) is 3.88. The lowest BCUT2D eigenvalue weighted by Gasteiger charge is -2.33. The summed E-state index contributed by atoms with van der Waals surface area (Å²) in [5.74, 6) is -0.611. The molecule has 0 radical (unpaired) electrons. The van der Waals surface area contributed by atoms with E-state index in [9.17, 15) is 14.4 Å². The summed E-state index contributed by atoms with van der Waals surface area (Å²) in [5.41, 5.74) is 2.23. The highest BCUT2D eigenvalue weighted by molar-refractivity contribution is 5.87. The average Bonchev–Trinajstić information content (AvgIpc) is 2.52. The number of amides is 3. The summed E-state index contributed by atoms with van der Waals surface area (Å²) < 4.78 is 0. The van der Waals surface area contributed by atoms with Crippen molar-refractivity contribution in [3.63, 3.8) is 0 Å². The second-order valence-electron chi connectivity index (χ2n) is 6.24. The Labute approximate surface area is 143 Å². The molecular weight excluding hydrogens is 306 g/mol. The third-order valence-corrected chi connectivity index (χ3v) is 3.88. The van der Waals surface area contributed by atoms with Gasteiger partial charge in [0.2, 0.25) is 17.7 Å². The zero-order chi connectivity index (χ0) is 18.3. The van der Waals surface area contributed by atoms with E-state index in [0.717, 1.165) is 11.1 Å². The van der Waals surface area contributed by atoms with Gasteiger partial charge in [-0.25, -0.2) is 0 Å². The van der Waals surface area contributed by atoms with Crippen molar-refractivity contribution in [3.8, 4) is 0 Å². The first-order valence-corrected chi connectivity index (χ1v) is 8.06. The first kappa shape index (κ1) is 19.7. The standard InChI is InChI=1S/C18H27N3O3/c1-12(2)18(15-9-7-6-8-13(15)3)21(5)17(24)11-20-16(23)10-19-14(4)22/h6-9,12,18H,10-11H2,1-5H3,(H,19,22)(H,20,23)/t18-/m1/s1. The van der Waals surface area contributed by atoms with Gasteiger partial charge in [0.1, 0.15) is 0 Å². The summed E-state index contributed by atoms with van der Waals surface area (Å²) in [5, 5.41) is 4.93. The molecule has 6 heteroatoms. The van der Waals surface area contributed by atoms with Crippen molar-refractivity contribution in [2.45, 2.75) is 33.7 Å². The van der Waals surface area contributed by atoms with Crippen molar-refractivity contribution in [2.24, 2.45) is 5.92 Å². The Morgan fingerprint density at radius 1 is 1.08 bits per heavy atom. The Kier molecular flexibility index (Phi) is 7.42. The number of rotatable bonds is 7. The first-order chi connectivity index (χ1) is 11.2. The van der Waals surface area contributed by atoms with E-state index >= 15 is 0 Å². The van der Waals surface area contributed by atoms with Gasteiger partial charge < -0.3 is 15.5 Å². The number of aryl methyl sites for hydroxylation is 1. The molecule has 0 unspecified atom stereocenters. The molecule has 1 rings (SSSR count). The largest absolute Gasteiger partial charge is 0.347 e. The van der Waals surface area contributed by atoms with E-state index < -0.39 is 0 Å². The van der Waals surface area contributed by atoms with Gasteiger partial charge in [-0.05, 0) is 24.0 Å². The highest BCUT2D eigenvalue weighted by Gasteiger charge is 2.25. The van der Waals surface area contributed by atoms with E-state index in [-0.39, 0.29) is 42.8 Å². The van der Waals surface area contributed by atoms with E-state index in [1.54, 1.807) is 11.9 Å². The highest BCUT2D eigenvalue weighted by Crippen LogP contribution is 2.29. The second kappa shape index (κ2) is 9.05. The van der Waals surface area contributed by atoms with Gasteiger partial charge in [-0.3, -0.25) is 14.4 Å². The van der Waals surface area contributed by atoms with E-state index in [4.69, 9.17) is 0 Å². The molecule has 0 saturated heterocycles. The van der Waals surface area contributed by atoms with Crippen LogP contribution in [0.15, 0.2) is 24.3 Å². The van der Waals surface area contributed by atoms with Gasteiger partial charge in [-0.1, -0.05) is 38.1 Å². The minimum Gasteiger partial charge on any atom is -0.347 e. The molecule has 3 amide bonds. The molecule has 0 aromatic heterocycles. The number of hydrogen-bond acceptors (Lipinski definition) is 3. The van der Waals surface area contributed by atoms with E-state index in [1.165, 1.54) is 6.92 Å². The molecule has 24 heavy (non-hydrogen) atoms. The molecule has 6 nitrogen and oxygen atoms in total. The van der Waals surface area contributed by atoms with Crippen LogP contribution in [0.25, 0.3) is 0 Å². The molecule has 2 N–H and O–H groups in total. The van der Waals surface area contributed by atoms with Crippen LogP contribution in [0.4, 0.5) is 0 Å². The van der Waals surface area contributed by atoms with Crippen LogP contribution in [0.3, 0.4) is 0 Å². The predicted octanol–water partition coefficient (Wildman–Crippen LogP) is 1.40. The number of hydrogen-bond donors (Lipinski definition) is 2. The molecule has 0 aliphatic heterocycles. The Morgan fingerprint density at radius 2 is 1.71 bits per heavy atom. The van der Waals surface area contributed by atoms with E-state index in [0.29, 0.717) is 0 Å². The number of nitrogens with one attached hydrogen (secondary N) is 2. The Morgan fingerprint density at radius 3 is 2.25 bits per heavy atom.